The second kappa shape index (κ2) is 9.23. The molecule has 1 aliphatic rings. The molecular formula is C24H26N2O2. The Kier molecular flexibility index (Phi) is 6.49. The van der Waals surface area contributed by atoms with Crippen molar-refractivity contribution in [2.24, 2.45) is 5.92 Å². The fraction of sp³-hybridized carbons (Fsp3) is 0.333. The molecule has 0 unspecified atom stereocenters. The Morgan fingerprint density at radius 3 is 2.46 bits per heavy atom. The summed E-state index contributed by atoms with van der Waals surface area (Å²) in [5, 5.41) is 2.90. The normalized spacial score (nSPS) is 12.2. The molecule has 2 aromatic carbocycles. The smallest absolute Gasteiger partial charge is 0.227 e. The molecule has 0 bridgehead atoms. The number of carbonyl (C=O) groups is 2. The van der Waals surface area contributed by atoms with E-state index in [2.05, 4.69) is 31.0 Å². The lowest BCUT2D eigenvalue weighted by Gasteiger charge is -2.26. The van der Waals surface area contributed by atoms with Crippen LogP contribution in [0.1, 0.15) is 49.8 Å². The highest BCUT2D eigenvalue weighted by molar-refractivity contribution is 5.96. The lowest BCUT2D eigenvalue weighted by molar-refractivity contribution is -0.125. The first-order valence-corrected chi connectivity index (χ1v) is 9.80. The highest BCUT2D eigenvalue weighted by atomic mass is 16.2. The van der Waals surface area contributed by atoms with E-state index < -0.39 is 0 Å². The van der Waals surface area contributed by atoms with E-state index in [9.17, 15) is 9.59 Å². The highest BCUT2D eigenvalue weighted by Gasteiger charge is 2.21. The van der Waals surface area contributed by atoms with Crippen molar-refractivity contribution in [3.63, 3.8) is 0 Å². The Hall–Kier alpha value is -3.06. The topological polar surface area (TPSA) is 49.4 Å². The van der Waals surface area contributed by atoms with Gasteiger partial charge in [0.1, 0.15) is 0 Å². The van der Waals surface area contributed by atoms with Gasteiger partial charge in [0, 0.05) is 30.5 Å². The highest BCUT2D eigenvalue weighted by Crippen LogP contribution is 2.26. The van der Waals surface area contributed by atoms with Crippen LogP contribution in [0.3, 0.4) is 0 Å². The molecule has 0 fully saturated rings. The number of nitrogens with one attached hydrogen (secondary N) is 1. The average Bonchev–Trinajstić information content (AvgIpc) is 2.67. The van der Waals surface area contributed by atoms with E-state index in [1.807, 2.05) is 48.5 Å². The third-order valence-electron chi connectivity index (χ3n) is 4.78. The van der Waals surface area contributed by atoms with Gasteiger partial charge < -0.3 is 10.2 Å². The monoisotopic (exact) mass is 374 g/mol. The van der Waals surface area contributed by atoms with Gasteiger partial charge >= 0.3 is 0 Å². The van der Waals surface area contributed by atoms with Gasteiger partial charge in [0.15, 0.2) is 0 Å². The van der Waals surface area contributed by atoms with Crippen LogP contribution in [-0.4, -0.2) is 18.4 Å². The standard InChI is InChI=1S/C24H26N2O2/c1-18(2)15-16-25-23(27)13-14-24(28)26-17-21-9-4-3-7-19(21)11-12-20-8-5-6-10-22(20)26/h3-10,18H,13-17H2,1-2H3,(H,25,27). The summed E-state index contributed by atoms with van der Waals surface area (Å²) in [6.07, 6.45) is 1.31. The molecule has 4 heteroatoms. The Labute approximate surface area is 166 Å². The van der Waals surface area contributed by atoms with Crippen LogP contribution in [0.25, 0.3) is 0 Å². The van der Waals surface area contributed by atoms with E-state index in [1.165, 1.54) is 0 Å². The zero-order chi connectivity index (χ0) is 19.9. The zero-order valence-corrected chi connectivity index (χ0v) is 16.5. The molecule has 0 aromatic heterocycles. The van der Waals surface area contributed by atoms with Crippen molar-refractivity contribution in [1.29, 1.82) is 0 Å². The SMILES string of the molecule is CC(C)CCNC(=O)CCC(=O)N1Cc2ccccc2C#Cc2ccccc21. The Bertz CT molecular complexity index is 921. The molecule has 0 radical (unpaired) electrons. The summed E-state index contributed by atoms with van der Waals surface area (Å²) in [5.74, 6) is 6.80. The van der Waals surface area contributed by atoms with Crippen molar-refractivity contribution in [3.8, 4) is 11.8 Å². The number of hydrogen-bond acceptors (Lipinski definition) is 2. The molecule has 0 saturated carbocycles. The van der Waals surface area contributed by atoms with Crippen LogP contribution in [0.4, 0.5) is 5.69 Å². The van der Waals surface area contributed by atoms with E-state index in [4.69, 9.17) is 0 Å². The summed E-state index contributed by atoms with van der Waals surface area (Å²) < 4.78 is 0. The van der Waals surface area contributed by atoms with Gasteiger partial charge in [0.2, 0.25) is 11.8 Å². The molecule has 1 aliphatic heterocycles. The third-order valence-corrected chi connectivity index (χ3v) is 4.78. The molecule has 3 rings (SSSR count). The number of rotatable bonds is 6. The minimum atomic E-state index is -0.0745. The molecule has 2 amide bonds. The number of fused-ring (bicyclic) bond motifs is 2. The Morgan fingerprint density at radius 2 is 1.68 bits per heavy atom. The summed E-state index contributed by atoms with van der Waals surface area (Å²) in [6.45, 7) is 5.35. The third kappa shape index (κ3) is 5.01. The second-order valence-electron chi connectivity index (χ2n) is 7.44. The first kappa shape index (κ1) is 19.7. The molecule has 28 heavy (non-hydrogen) atoms. The van der Waals surface area contributed by atoms with Crippen LogP contribution in [0.5, 0.6) is 0 Å². The molecule has 0 atom stereocenters. The van der Waals surface area contributed by atoms with Crippen LogP contribution in [0.15, 0.2) is 48.5 Å². The maximum absolute atomic E-state index is 13.0. The minimum absolute atomic E-state index is 0.0648. The van der Waals surface area contributed by atoms with Gasteiger partial charge in [-0.2, -0.15) is 0 Å². The first-order chi connectivity index (χ1) is 13.5. The Morgan fingerprint density at radius 1 is 1.00 bits per heavy atom. The fourth-order valence-corrected chi connectivity index (χ4v) is 3.15. The number of benzene rings is 2. The molecular weight excluding hydrogens is 348 g/mol. The van der Waals surface area contributed by atoms with Crippen molar-refractivity contribution in [2.45, 2.75) is 39.7 Å². The molecule has 0 spiro atoms. The van der Waals surface area contributed by atoms with Gasteiger partial charge in [-0.15, -0.1) is 0 Å². The molecule has 1 N–H and O–H groups in total. The van der Waals surface area contributed by atoms with Gasteiger partial charge in [0.25, 0.3) is 0 Å². The van der Waals surface area contributed by atoms with Gasteiger partial charge in [-0.3, -0.25) is 9.59 Å². The van der Waals surface area contributed by atoms with Crippen molar-refractivity contribution >= 4 is 17.5 Å². The predicted molar refractivity (Wildman–Crippen MR) is 112 cm³/mol. The van der Waals surface area contributed by atoms with Crippen molar-refractivity contribution in [3.05, 3.63) is 65.2 Å². The summed E-state index contributed by atoms with van der Waals surface area (Å²) in [4.78, 5) is 26.8. The van der Waals surface area contributed by atoms with E-state index in [-0.39, 0.29) is 24.7 Å². The number of anilines is 1. The summed E-state index contributed by atoms with van der Waals surface area (Å²) in [5.41, 5.74) is 3.57. The molecule has 4 nitrogen and oxygen atoms in total. The van der Waals surface area contributed by atoms with E-state index in [0.717, 1.165) is 28.8 Å². The van der Waals surface area contributed by atoms with Crippen LogP contribution < -0.4 is 10.2 Å². The molecule has 1 heterocycles. The first-order valence-electron chi connectivity index (χ1n) is 9.80. The van der Waals surface area contributed by atoms with Crippen LogP contribution in [0.2, 0.25) is 0 Å². The van der Waals surface area contributed by atoms with Gasteiger partial charge in [0.05, 0.1) is 12.2 Å². The molecule has 2 aromatic rings. The molecule has 144 valence electrons. The van der Waals surface area contributed by atoms with E-state index in [0.29, 0.717) is 19.0 Å². The van der Waals surface area contributed by atoms with Crippen molar-refractivity contribution in [2.75, 3.05) is 11.4 Å². The van der Waals surface area contributed by atoms with Gasteiger partial charge in [-0.1, -0.05) is 56.0 Å². The van der Waals surface area contributed by atoms with Crippen LogP contribution >= 0.6 is 0 Å². The second-order valence-corrected chi connectivity index (χ2v) is 7.44. The number of hydrogen-bond donors (Lipinski definition) is 1. The van der Waals surface area contributed by atoms with Gasteiger partial charge in [-0.25, -0.2) is 0 Å². The van der Waals surface area contributed by atoms with Crippen molar-refractivity contribution < 1.29 is 9.59 Å². The quantitative estimate of drug-likeness (QED) is 0.780. The summed E-state index contributed by atoms with van der Waals surface area (Å²) >= 11 is 0. The van der Waals surface area contributed by atoms with Crippen LogP contribution in [0, 0.1) is 17.8 Å². The largest absolute Gasteiger partial charge is 0.356 e. The number of nitrogens with zero attached hydrogens (tertiary/aromatic N) is 1. The number of amides is 2. The van der Waals surface area contributed by atoms with Crippen LogP contribution in [-0.2, 0) is 16.1 Å². The van der Waals surface area contributed by atoms with E-state index >= 15 is 0 Å². The van der Waals surface area contributed by atoms with Crippen molar-refractivity contribution in [1.82, 2.24) is 5.32 Å². The minimum Gasteiger partial charge on any atom is -0.356 e. The molecule has 0 saturated heterocycles. The average molecular weight is 374 g/mol. The summed E-state index contributed by atoms with van der Waals surface area (Å²) in [7, 11) is 0. The fourth-order valence-electron chi connectivity index (χ4n) is 3.15. The molecule has 0 aliphatic carbocycles. The zero-order valence-electron chi connectivity index (χ0n) is 16.5. The number of para-hydroxylation sites is 1. The summed E-state index contributed by atoms with van der Waals surface area (Å²) in [6, 6.07) is 15.6. The lowest BCUT2D eigenvalue weighted by Crippen LogP contribution is -2.33. The predicted octanol–water partition coefficient (Wildman–Crippen LogP) is 3.88. The van der Waals surface area contributed by atoms with Gasteiger partial charge in [-0.05, 0) is 36.1 Å². The maximum Gasteiger partial charge on any atom is 0.227 e. The maximum atomic E-state index is 13.0. The van der Waals surface area contributed by atoms with E-state index in [1.54, 1.807) is 4.90 Å². The number of carbonyl (C=O) groups excluding carboxylic acids is 2. The Balaban J connectivity index is 1.74. The lowest BCUT2D eigenvalue weighted by atomic mass is 10.0.